The molecule has 0 radical (unpaired) electrons. The van der Waals surface area contributed by atoms with E-state index in [1.165, 1.54) is 6.92 Å². The minimum Gasteiger partial charge on any atom is -0.497 e. The first kappa shape index (κ1) is 32.1. The van der Waals surface area contributed by atoms with Crippen LogP contribution in [0.2, 0.25) is 0 Å². The third-order valence-corrected chi connectivity index (χ3v) is 7.01. The first-order valence-electron chi connectivity index (χ1n) is 13.2. The van der Waals surface area contributed by atoms with E-state index < -0.39 is 35.1 Å². The maximum Gasteiger partial charge on any atom is 0.379 e. The number of Topliss-reactive ketones (excluding diaryl/α,β-unsaturated/α-hetero) is 1. The van der Waals surface area contributed by atoms with Crippen molar-refractivity contribution in [3.63, 3.8) is 0 Å². The van der Waals surface area contributed by atoms with Gasteiger partial charge in [-0.25, -0.2) is 4.79 Å². The summed E-state index contributed by atoms with van der Waals surface area (Å²) < 4.78 is 15.4. The second-order valence-corrected chi connectivity index (χ2v) is 10.4. The molecule has 1 saturated heterocycles. The summed E-state index contributed by atoms with van der Waals surface area (Å²) in [6, 6.07) is 13.7. The fourth-order valence-corrected chi connectivity index (χ4v) is 4.30. The number of allylic oxidation sites excluding steroid dienone is 1. The molecule has 1 aliphatic rings. The largest absolute Gasteiger partial charge is 0.497 e. The Labute approximate surface area is 249 Å². The molecule has 2 amide bonds. The van der Waals surface area contributed by atoms with Crippen LogP contribution in [-0.4, -0.2) is 54.7 Å². The van der Waals surface area contributed by atoms with Crippen molar-refractivity contribution >= 4 is 42.2 Å². The molecule has 0 aromatic heterocycles. The van der Waals surface area contributed by atoms with Crippen molar-refractivity contribution in [3.05, 3.63) is 89.0 Å². The van der Waals surface area contributed by atoms with Gasteiger partial charge in [0.2, 0.25) is 11.8 Å². The average Bonchev–Trinajstić information content (AvgIpc) is 2.98. The van der Waals surface area contributed by atoms with Crippen LogP contribution in [0.5, 0.6) is 5.75 Å². The molecule has 222 valence electrons. The molecule has 0 aliphatic carbocycles. The van der Waals surface area contributed by atoms with Gasteiger partial charge < -0.3 is 24.8 Å². The Balaban J connectivity index is 1.43. The fraction of sp³-hybridized carbons (Fsp3) is 0.323. The van der Waals surface area contributed by atoms with Crippen LogP contribution < -0.4 is 15.4 Å². The van der Waals surface area contributed by atoms with Gasteiger partial charge in [-0.15, -0.1) is 0 Å². The summed E-state index contributed by atoms with van der Waals surface area (Å²) in [5.41, 5.74) is 3.10. The summed E-state index contributed by atoms with van der Waals surface area (Å²) in [7, 11) is 1.55. The Bertz CT molecular complexity index is 1390. The number of ether oxygens (including phenoxy) is 3. The standard InChI is InChI=1S/C31H34N2O8S/c1-18(14-22-6-5-7-23(15-22)16-25(34)32-26-28(36)33-29(26)42)12-13-40-31(38)27(35)19(2)20(3)30(37)41-17-21-8-10-24(39-4)11-9-21/h5-12,15,20,26,29,42H,2,13-14,16-17H2,1,3-4H3,(H,32,34)(H,33,36)/b18-12+/t20-,26+,29+/m0/s1. The van der Waals surface area contributed by atoms with Crippen LogP contribution in [0.3, 0.4) is 0 Å². The zero-order valence-electron chi connectivity index (χ0n) is 23.7. The normalized spacial score (nSPS) is 16.8. The van der Waals surface area contributed by atoms with Gasteiger partial charge in [0.05, 0.1) is 19.4 Å². The number of nitrogens with one attached hydrogen (secondary N) is 2. The number of rotatable bonds is 14. The van der Waals surface area contributed by atoms with E-state index in [2.05, 4.69) is 29.8 Å². The lowest BCUT2D eigenvalue weighted by Crippen LogP contribution is -2.67. The minimum atomic E-state index is -1.12. The molecule has 1 fully saturated rings. The van der Waals surface area contributed by atoms with Crippen LogP contribution >= 0.6 is 12.6 Å². The lowest BCUT2D eigenvalue weighted by molar-refractivity contribution is -0.153. The van der Waals surface area contributed by atoms with Gasteiger partial charge in [0.15, 0.2) is 0 Å². The molecule has 0 unspecified atom stereocenters. The van der Waals surface area contributed by atoms with Crippen molar-refractivity contribution in [2.24, 2.45) is 5.92 Å². The minimum absolute atomic E-state index is 0.00503. The molecular weight excluding hydrogens is 560 g/mol. The molecule has 3 rings (SSSR count). The Hall–Kier alpha value is -4.38. The topological polar surface area (TPSA) is 137 Å². The van der Waals surface area contributed by atoms with Gasteiger partial charge in [-0.2, -0.15) is 12.6 Å². The van der Waals surface area contributed by atoms with Crippen molar-refractivity contribution in [1.82, 2.24) is 10.6 Å². The van der Waals surface area contributed by atoms with E-state index in [9.17, 15) is 24.0 Å². The predicted octanol–water partition coefficient (Wildman–Crippen LogP) is 2.65. The van der Waals surface area contributed by atoms with Crippen LogP contribution in [0.4, 0.5) is 0 Å². The fourth-order valence-electron chi connectivity index (χ4n) is 3.96. The highest BCUT2D eigenvalue weighted by Crippen LogP contribution is 2.17. The number of hydrogen-bond donors (Lipinski definition) is 3. The van der Waals surface area contributed by atoms with Crippen LogP contribution in [0.1, 0.15) is 30.5 Å². The van der Waals surface area contributed by atoms with E-state index in [-0.39, 0.29) is 37.0 Å². The quantitative estimate of drug-likeness (QED) is 0.0759. The Morgan fingerprint density at radius 1 is 1.05 bits per heavy atom. The number of carbonyl (C=O) groups is 5. The summed E-state index contributed by atoms with van der Waals surface area (Å²) in [6.07, 6.45) is 2.30. The number of esters is 2. The van der Waals surface area contributed by atoms with Crippen LogP contribution in [0, 0.1) is 5.92 Å². The maximum atomic E-state index is 12.5. The summed E-state index contributed by atoms with van der Waals surface area (Å²) in [4.78, 5) is 60.9. The number of benzene rings is 2. The first-order chi connectivity index (χ1) is 20.0. The zero-order valence-corrected chi connectivity index (χ0v) is 24.6. The predicted molar refractivity (Wildman–Crippen MR) is 158 cm³/mol. The van der Waals surface area contributed by atoms with Crippen LogP contribution in [-0.2, 0) is 52.9 Å². The van der Waals surface area contributed by atoms with Gasteiger partial charge in [-0.1, -0.05) is 48.6 Å². The number of amides is 2. The molecule has 3 atom stereocenters. The monoisotopic (exact) mass is 594 g/mol. The van der Waals surface area contributed by atoms with Crippen molar-refractivity contribution in [3.8, 4) is 5.75 Å². The number of carbonyl (C=O) groups excluding carboxylic acids is 5. The van der Waals surface area contributed by atoms with E-state index >= 15 is 0 Å². The summed E-state index contributed by atoms with van der Waals surface area (Å²) >= 11 is 4.17. The number of ketones is 1. The SMILES string of the molecule is C=C(C(=O)C(=O)OC/C=C(\C)Cc1cccc(CC(=O)N[C@@H]2C(=O)N[C@@H]2S)c1)[C@H](C)C(=O)OCc1ccc(OC)cc1. The third kappa shape index (κ3) is 9.07. The second kappa shape index (κ2) is 15.0. The van der Waals surface area contributed by atoms with Crippen molar-refractivity contribution < 1.29 is 38.2 Å². The van der Waals surface area contributed by atoms with E-state index in [0.29, 0.717) is 12.2 Å². The van der Waals surface area contributed by atoms with Crippen LogP contribution in [0.15, 0.2) is 72.3 Å². The number of β-lactam (4-membered cyclic amide) rings is 1. The van der Waals surface area contributed by atoms with E-state index in [4.69, 9.17) is 14.2 Å². The molecule has 42 heavy (non-hydrogen) atoms. The van der Waals surface area contributed by atoms with Crippen molar-refractivity contribution in [2.75, 3.05) is 13.7 Å². The van der Waals surface area contributed by atoms with Gasteiger partial charge >= 0.3 is 11.9 Å². The average molecular weight is 595 g/mol. The van der Waals surface area contributed by atoms with Crippen molar-refractivity contribution in [2.45, 2.75) is 44.7 Å². The molecule has 0 bridgehead atoms. The van der Waals surface area contributed by atoms with Gasteiger partial charge in [0.25, 0.3) is 5.78 Å². The molecule has 1 aliphatic heterocycles. The molecule has 2 aromatic rings. The van der Waals surface area contributed by atoms with Gasteiger partial charge in [0.1, 0.15) is 30.4 Å². The Kier molecular flexibility index (Phi) is 11.5. The van der Waals surface area contributed by atoms with Gasteiger partial charge in [-0.05, 0) is 55.2 Å². The van der Waals surface area contributed by atoms with Crippen LogP contribution in [0.25, 0.3) is 0 Å². The molecular formula is C31H34N2O8S. The molecule has 1 heterocycles. The molecule has 2 aromatic carbocycles. The number of thiol groups is 1. The second-order valence-electron chi connectivity index (χ2n) is 9.85. The molecule has 2 N–H and O–H groups in total. The molecule has 0 spiro atoms. The van der Waals surface area contributed by atoms with Gasteiger partial charge in [0, 0.05) is 5.57 Å². The lowest BCUT2D eigenvalue weighted by atomic mass is 9.99. The number of hydrogen-bond acceptors (Lipinski definition) is 9. The summed E-state index contributed by atoms with van der Waals surface area (Å²) in [6.45, 7) is 6.73. The summed E-state index contributed by atoms with van der Waals surface area (Å²) in [5, 5.41) is 4.81. The molecule has 0 saturated carbocycles. The van der Waals surface area contributed by atoms with E-state index in [1.54, 1.807) is 37.5 Å². The smallest absolute Gasteiger partial charge is 0.379 e. The van der Waals surface area contributed by atoms with Crippen molar-refractivity contribution in [1.29, 1.82) is 0 Å². The molecule has 11 heteroatoms. The third-order valence-electron chi connectivity index (χ3n) is 6.58. The highest BCUT2D eigenvalue weighted by Gasteiger charge is 2.37. The maximum absolute atomic E-state index is 12.5. The Morgan fingerprint density at radius 3 is 2.33 bits per heavy atom. The molecule has 10 nitrogen and oxygen atoms in total. The van der Waals surface area contributed by atoms with Gasteiger partial charge in [-0.3, -0.25) is 19.2 Å². The highest BCUT2D eigenvalue weighted by atomic mass is 32.1. The van der Waals surface area contributed by atoms with E-state index in [0.717, 1.165) is 22.3 Å². The number of methoxy groups -OCH3 is 1. The summed E-state index contributed by atoms with van der Waals surface area (Å²) in [5.74, 6) is -3.70. The highest BCUT2D eigenvalue weighted by molar-refractivity contribution is 7.81. The Morgan fingerprint density at radius 2 is 1.71 bits per heavy atom. The zero-order chi connectivity index (χ0) is 30.8. The first-order valence-corrected chi connectivity index (χ1v) is 13.7. The lowest BCUT2D eigenvalue weighted by Gasteiger charge is -2.33. The van der Waals surface area contributed by atoms with E-state index in [1.807, 2.05) is 31.2 Å².